The Kier molecular flexibility index (Phi) is 3.50. The van der Waals surface area contributed by atoms with Crippen LogP contribution in [0, 0.1) is 5.92 Å². The summed E-state index contributed by atoms with van der Waals surface area (Å²) < 4.78 is 10.2. The SMILES string of the molecule is [SH]#SOCC1CCOC1. The van der Waals surface area contributed by atoms with Crippen LogP contribution in [0.2, 0.25) is 0 Å². The van der Waals surface area contributed by atoms with Gasteiger partial charge in [0, 0.05) is 22.9 Å². The van der Waals surface area contributed by atoms with Crippen LogP contribution in [0.4, 0.5) is 0 Å². The maximum absolute atomic E-state index is 5.14. The zero-order valence-electron chi connectivity index (χ0n) is 5.08. The number of thiol groups is 1. The quantitative estimate of drug-likeness (QED) is 0.495. The number of ether oxygens (including phenoxy) is 1. The van der Waals surface area contributed by atoms with Crippen LogP contribution in [0.1, 0.15) is 6.42 Å². The highest BCUT2D eigenvalue weighted by atomic mass is 32.7. The van der Waals surface area contributed by atoms with Crippen molar-refractivity contribution in [2.24, 2.45) is 5.92 Å². The van der Waals surface area contributed by atoms with Crippen molar-refractivity contribution >= 4 is 21.3 Å². The topological polar surface area (TPSA) is 18.5 Å². The van der Waals surface area contributed by atoms with E-state index >= 15 is 0 Å². The van der Waals surface area contributed by atoms with Crippen molar-refractivity contribution in [3.63, 3.8) is 0 Å². The third-order valence-corrected chi connectivity index (χ3v) is 1.94. The van der Waals surface area contributed by atoms with E-state index in [4.69, 9.17) is 8.92 Å². The van der Waals surface area contributed by atoms with Gasteiger partial charge in [0.05, 0.1) is 13.2 Å². The Labute approximate surface area is 62.9 Å². The minimum atomic E-state index is 0.602. The van der Waals surface area contributed by atoms with Gasteiger partial charge in [-0.25, -0.2) is 0 Å². The first-order valence-corrected chi connectivity index (χ1v) is 4.73. The molecule has 0 saturated carbocycles. The van der Waals surface area contributed by atoms with E-state index < -0.39 is 0 Å². The first kappa shape index (κ1) is 7.47. The molecule has 1 atom stereocenters. The van der Waals surface area contributed by atoms with Crippen LogP contribution in [0.5, 0.6) is 0 Å². The smallest absolute Gasteiger partial charge is 0.0724 e. The molecular weight excluding hydrogens is 156 g/mol. The molecule has 1 aliphatic rings. The van der Waals surface area contributed by atoms with Crippen molar-refractivity contribution in [1.82, 2.24) is 0 Å². The van der Waals surface area contributed by atoms with E-state index in [9.17, 15) is 0 Å². The van der Waals surface area contributed by atoms with Crippen LogP contribution in [0.3, 0.4) is 0 Å². The fourth-order valence-corrected chi connectivity index (χ4v) is 1.28. The van der Waals surface area contributed by atoms with Crippen molar-refractivity contribution < 1.29 is 8.92 Å². The highest BCUT2D eigenvalue weighted by Crippen LogP contribution is 2.12. The first-order valence-electron chi connectivity index (χ1n) is 2.94. The molecule has 0 aromatic carbocycles. The number of hydrogen-bond donors (Lipinski definition) is 1. The Morgan fingerprint density at radius 3 is 3.22 bits per heavy atom. The standard InChI is InChI=1S/C5H10O2S2/c8-9-7-4-5-1-2-6-3-5/h5,8H,1-4H2. The average Bonchev–Trinajstić information content (AvgIpc) is 2.34. The molecule has 0 N–H and O–H groups in total. The minimum absolute atomic E-state index is 0.602. The molecule has 1 rings (SSSR count). The predicted molar refractivity (Wildman–Crippen MR) is 41.5 cm³/mol. The van der Waals surface area contributed by atoms with Crippen molar-refractivity contribution in [2.75, 3.05) is 19.8 Å². The molecule has 1 saturated heterocycles. The lowest BCUT2D eigenvalue weighted by Crippen LogP contribution is -2.04. The van der Waals surface area contributed by atoms with Crippen molar-refractivity contribution in [1.29, 1.82) is 0 Å². The molecule has 54 valence electrons. The normalized spacial score (nSPS) is 26.4. The van der Waals surface area contributed by atoms with Gasteiger partial charge in [-0.1, -0.05) is 0 Å². The Hall–Kier alpha value is 0.360. The predicted octanol–water partition coefficient (Wildman–Crippen LogP) is 1.53. The summed E-state index contributed by atoms with van der Waals surface area (Å²) in [5.41, 5.74) is 0. The lowest BCUT2D eigenvalue weighted by molar-refractivity contribution is 0.173. The molecule has 1 aliphatic heterocycles. The molecule has 1 fully saturated rings. The molecule has 0 bridgehead atoms. The molecule has 2 nitrogen and oxygen atoms in total. The maximum atomic E-state index is 5.14. The molecule has 0 amide bonds. The zero-order chi connectivity index (χ0) is 6.53. The van der Waals surface area contributed by atoms with Gasteiger partial charge in [0.25, 0.3) is 0 Å². The van der Waals surface area contributed by atoms with Crippen LogP contribution in [0.15, 0.2) is 0 Å². The lowest BCUT2D eigenvalue weighted by atomic mass is 10.1. The molecule has 1 heterocycles. The zero-order valence-corrected chi connectivity index (χ0v) is 6.79. The van der Waals surface area contributed by atoms with E-state index in [1.165, 1.54) is 0 Å². The van der Waals surface area contributed by atoms with Crippen LogP contribution in [-0.4, -0.2) is 19.8 Å². The Bertz CT molecular complexity index is 115. The van der Waals surface area contributed by atoms with Crippen molar-refractivity contribution in [3.05, 3.63) is 0 Å². The number of rotatable bonds is 2. The van der Waals surface area contributed by atoms with Crippen LogP contribution in [0.25, 0.3) is 0 Å². The fraction of sp³-hybridized carbons (Fsp3) is 1.00. The number of hydrogen-bond acceptors (Lipinski definition) is 2. The summed E-state index contributed by atoms with van der Waals surface area (Å²) in [6.07, 6.45) is 1.13. The lowest BCUT2D eigenvalue weighted by Gasteiger charge is -2.01. The van der Waals surface area contributed by atoms with Gasteiger partial charge in [0.1, 0.15) is 0 Å². The van der Waals surface area contributed by atoms with E-state index in [1.54, 1.807) is 0 Å². The van der Waals surface area contributed by atoms with Gasteiger partial charge in [-0.05, 0) is 6.42 Å². The van der Waals surface area contributed by atoms with E-state index in [1.807, 2.05) is 0 Å². The van der Waals surface area contributed by atoms with Crippen molar-refractivity contribution in [2.45, 2.75) is 6.42 Å². The Morgan fingerprint density at radius 1 is 1.78 bits per heavy atom. The largest absolute Gasteiger partial charge is 0.381 e. The molecular formula is C5H10O2S2. The third kappa shape index (κ3) is 2.62. The van der Waals surface area contributed by atoms with Gasteiger partial charge < -0.3 is 4.74 Å². The second-order valence-electron chi connectivity index (χ2n) is 2.09. The van der Waals surface area contributed by atoms with Gasteiger partial charge in [-0.15, -0.1) is 11.0 Å². The van der Waals surface area contributed by atoms with Gasteiger partial charge in [-0.3, -0.25) is 4.18 Å². The Balaban J connectivity index is 2.06. The van der Waals surface area contributed by atoms with Gasteiger partial charge in [0.15, 0.2) is 0 Å². The summed E-state index contributed by atoms with van der Waals surface area (Å²) in [4.78, 5) is 0. The van der Waals surface area contributed by atoms with Crippen LogP contribution < -0.4 is 0 Å². The Morgan fingerprint density at radius 2 is 2.67 bits per heavy atom. The molecule has 0 radical (unpaired) electrons. The van der Waals surface area contributed by atoms with Crippen molar-refractivity contribution in [3.8, 4) is 0 Å². The third-order valence-electron chi connectivity index (χ3n) is 1.38. The summed E-state index contributed by atoms with van der Waals surface area (Å²) >= 11 is 0. The summed E-state index contributed by atoms with van der Waals surface area (Å²) in [6.45, 7) is 2.52. The minimum Gasteiger partial charge on any atom is -0.381 e. The van der Waals surface area contributed by atoms with E-state index in [0.717, 1.165) is 36.6 Å². The molecule has 0 aromatic rings. The maximum Gasteiger partial charge on any atom is 0.0724 e. The molecule has 0 spiro atoms. The van der Waals surface area contributed by atoms with E-state index in [2.05, 4.69) is 11.0 Å². The molecule has 0 aromatic heterocycles. The highest BCUT2D eigenvalue weighted by Gasteiger charge is 2.14. The second-order valence-corrected chi connectivity index (χ2v) is 2.92. The first-order chi connectivity index (χ1) is 4.43. The summed E-state index contributed by atoms with van der Waals surface area (Å²) in [6, 6.07) is 0. The summed E-state index contributed by atoms with van der Waals surface area (Å²) in [5, 5.41) is 0. The molecule has 4 heteroatoms. The average molecular weight is 166 g/mol. The molecule has 9 heavy (non-hydrogen) atoms. The summed E-state index contributed by atoms with van der Waals surface area (Å²) in [5.74, 6) is 0.602. The van der Waals surface area contributed by atoms with Gasteiger partial charge >= 0.3 is 0 Å². The van der Waals surface area contributed by atoms with E-state index in [-0.39, 0.29) is 0 Å². The van der Waals surface area contributed by atoms with Crippen LogP contribution >= 0.6 is 21.3 Å². The molecule has 0 aliphatic carbocycles. The summed E-state index contributed by atoms with van der Waals surface area (Å²) in [7, 11) is 4.97. The monoisotopic (exact) mass is 166 g/mol. The highest BCUT2D eigenvalue weighted by molar-refractivity contribution is 8.24. The fourth-order valence-electron chi connectivity index (χ4n) is 0.841. The van der Waals surface area contributed by atoms with E-state index in [0.29, 0.717) is 5.92 Å². The van der Waals surface area contributed by atoms with Gasteiger partial charge in [0.2, 0.25) is 0 Å². The van der Waals surface area contributed by atoms with Crippen LogP contribution in [-0.2, 0) is 8.92 Å². The molecule has 1 unspecified atom stereocenters. The second kappa shape index (κ2) is 4.22. The van der Waals surface area contributed by atoms with Gasteiger partial charge in [-0.2, -0.15) is 0 Å².